The first-order valence-electron chi connectivity index (χ1n) is 13.7. The molecule has 0 aliphatic heterocycles. The van der Waals surface area contributed by atoms with Crippen molar-refractivity contribution < 1.29 is 4.79 Å². The van der Waals surface area contributed by atoms with Crippen molar-refractivity contribution in [2.75, 3.05) is 19.4 Å². The number of hydrogen-bond donors (Lipinski definition) is 1. The van der Waals surface area contributed by atoms with Crippen molar-refractivity contribution in [2.24, 2.45) is 5.92 Å². The first kappa shape index (κ1) is 25.3. The van der Waals surface area contributed by atoms with E-state index in [9.17, 15) is 9.59 Å². The summed E-state index contributed by atoms with van der Waals surface area (Å²) in [6.45, 7) is 6.39. The first-order valence-corrected chi connectivity index (χ1v) is 13.7. The van der Waals surface area contributed by atoms with E-state index in [-0.39, 0.29) is 28.8 Å². The van der Waals surface area contributed by atoms with Gasteiger partial charge in [0, 0.05) is 49.2 Å². The second kappa shape index (κ2) is 9.32. The van der Waals surface area contributed by atoms with Crippen LogP contribution in [-0.4, -0.2) is 49.2 Å². The van der Waals surface area contributed by atoms with Gasteiger partial charge < -0.3 is 10.2 Å². The van der Waals surface area contributed by atoms with Crippen molar-refractivity contribution >= 4 is 28.6 Å². The van der Waals surface area contributed by atoms with Crippen LogP contribution in [0.3, 0.4) is 0 Å². The van der Waals surface area contributed by atoms with Crippen LogP contribution in [0.15, 0.2) is 47.5 Å². The molecular weight excluding hydrogens is 490 g/mol. The molecule has 4 aromatic rings. The molecule has 3 aromatic heterocycles. The molecule has 9 heteroatoms. The van der Waals surface area contributed by atoms with Crippen molar-refractivity contribution in [1.82, 2.24) is 29.2 Å². The highest BCUT2D eigenvalue weighted by atomic mass is 16.2. The molecule has 0 spiro atoms. The van der Waals surface area contributed by atoms with E-state index in [0.29, 0.717) is 17.0 Å². The molecule has 1 fully saturated rings. The molecule has 1 unspecified atom stereocenters. The summed E-state index contributed by atoms with van der Waals surface area (Å²) in [5.74, 6) is 0.666. The minimum atomic E-state index is -0.127. The number of nitrogens with zero attached hydrogens (tertiary/aromatic N) is 6. The molecule has 2 aliphatic carbocycles. The number of anilines is 2. The maximum atomic E-state index is 13.4. The monoisotopic (exact) mass is 525 g/mol. The Morgan fingerprint density at radius 1 is 1.05 bits per heavy atom. The summed E-state index contributed by atoms with van der Waals surface area (Å²) < 4.78 is 3.77. The lowest BCUT2D eigenvalue weighted by atomic mass is 9.83. The summed E-state index contributed by atoms with van der Waals surface area (Å²) in [5.41, 5.74) is 5.56. The van der Waals surface area contributed by atoms with Gasteiger partial charge in [0.2, 0.25) is 11.9 Å². The highest BCUT2D eigenvalue weighted by molar-refractivity contribution is 5.79. The fourth-order valence-electron chi connectivity index (χ4n) is 5.46. The van der Waals surface area contributed by atoms with Gasteiger partial charge in [0.05, 0.1) is 11.7 Å². The molecule has 0 saturated heterocycles. The number of carbonyl (C=O) groups is 1. The summed E-state index contributed by atoms with van der Waals surface area (Å²) in [5, 5.41) is 3.86. The van der Waals surface area contributed by atoms with Crippen LogP contribution >= 0.6 is 0 Å². The summed E-state index contributed by atoms with van der Waals surface area (Å²) >= 11 is 0. The molecule has 39 heavy (non-hydrogen) atoms. The summed E-state index contributed by atoms with van der Waals surface area (Å²) in [6.07, 6.45) is 7.84. The second-order valence-electron chi connectivity index (χ2n) is 12.1. The van der Waals surface area contributed by atoms with E-state index < -0.39 is 0 Å². The second-order valence-corrected chi connectivity index (χ2v) is 12.1. The molecule has 3 heterocycles. The fraction of sp³-hybridized carbons (Fsp3) is 0.433. The zero-order valence-electron chi connectivity index (χ0n) is 23.2. The quantitative estimate of drug-likeness (QED) is 0.411. The zero-order chi connectivity index (χ0) is 27.5. The molecule has 2 aliphatic rings. The highest BCUT2D eigenvalue weighted by Gasteiger charge is 2.31. The third kappa shape index (κ3) is 4.70. The third-order valence-corrected chi connectivity index (χ3v) is 7.75. The molecular formula is C30H35N7O2. The average Bonchev–Trinajstić information content (AvgIpc) is 3.71. The van der Waals surface area contributed by atoms with Gasteiger partial charge in [-0.1, -0.05) is 26.8 Å². The van der Waals surface area contributed by atoms with Gasteiger partial charge in [-0.05, 0) is 67.5 Å². The molecule has 1 amide bonds. The van der Waals surface area contributed by atoms with E-state index in [0.717, 1.165) is 49.2 Å². The van der Waals surface area contributed by atoms with Crippen molar-refractivity contribution in [3.63, 3.8) is 0 Å². The number of nitrogens with one attached hydrogen (secondary N) is 1. The molecule has 1 aromatic carbocycles. The van der Waals surface area contributed by atoms with E-state index in [2.05, 4.69) is 48.2 Å². The van der Waals surface area contributed by atoms with Gasteiger partial charge in [-0.25, -0.2) is 14.3 Å². The lowest BCUT2D eigenvalue weighted by Gasteiger charge is -2.26. The van der Waals surface area contributed by atoms with Crippen LogP contribution in [0.5, 0.6) is 0 Å². The number of rotatable bonds is 5. The predicted molar refractivity (Wildman–Crippen MR) is 152 cm³/mol. The van der Waals surface area contributed by atoms with Gasteiger partial charge in [-0.15, -0.1) is 0 Å². The Morgan fingerprint density at radius 3 is 2.56 bits per heavy atom. The highest BCUT2D eigenvalue weighted by Crippen LogP contribution is 2.36. The average molecular weight is 526 g/mol. The van der Waals surface area contributed by atoms with E-state index in [1.54, 1.807) is 17.3 Å². The van der Waals surface area contributed by atoms with Crippen LogP contribution < -0.4 is 10.9 Å². The van der Waals surface area contributed by atoms with Crippen molar-refractivity contribution in [1.29, 1.82) is 0 Å². The van der Waals surface area contributed by atoms with Gasteiger partial charge in [-0.2, -0.15) is 4.98 Å². The molecule has 9 nitrogen and oxygen atoms in total. The minimum absolute atomic E-state index is 0.0382. The molecule has 0 bridgehead atoms. The number of amides is 1. The van der Waals surface area contributed by atoms with E-state index in [1.807, 2.05) is 41.7 Å². The topological polar surface area (TPSA) is 97.9 Å². The van der Waals surface area contributed by atoms with E-state index in [1.165, 1.54) is 11.1 Å². The molecule has 1 saturated carbocycles. The van der Waals surface area contributed by atoms with Crippen LogP contribution in [0, 0.1) is 5.92 Å². The van der Waals surface area contributed by atoms with Gasteiger partial charge >= 0.3 is 0 Å². The maximum absolute atomic E-state index is 13.4. The van der Waals surface area contributed by atoms with Crippen molar-refractivity contribution in [2.45, 2.75) is 64.3 Å². The SMILES string of the molecule is CN(C)C(=O)C1CCc2cc(Nc3ncc4c(=O)n(C5CC5)n(-c5ccnc(C(C)(C)C)c5)c4n3)ccc2C1. The molecule has 6 rings (SSSR count). The van der Waals surface area contributed by atoms with Crippen molar-refractivity contribution in [3.05, 3.63) is 69.9 Å². The molecule has 1 N–H and O–H groups in total. The van der Waals surface area contributed by atoms with E-state index >= 15 is 0 Å². The Hall–Kier alpha value is -4.01. The number of fused-ring (bicyclic) bond motifs is 2. The minimum Gasteiger partial charge on any atom is -0.349 e. The predicted octanol–water partition coefficient (Wildman–Crippen LogP) is 4.55. The van der Waals surface area contributed by atoms with E-state index in [4.69, 9.17) is 4.98 Å². The number of pyridine rings is 1. The number of carbonyl (C=O) groups excluding carboxylic acids is 1. The smallest absolute Gasteiger partial charge is 0.278 e. The lowest BCUT2D eigenvalue weighted by Crippen LogP contribution is -2.33. The van der Waals surface area contributed by atoms with Gasteiger partial charge in [0.15, 0.2) is 5.65 Å². The normalized spacial score (nSPS) is 17.2. The Kier molecular flexibility index (Phi) is 6.04. The molecule has 1 atom stereocenters. The summed E-state index contributed by atoms with van der Waals surface area (Å²) in [4.78, 5) is 41.5. The van der Waals surface area contributed by atoms with Crippen LogP contribution in [0.25, 0.3) is 16.7 Å². The number of benzene rings is 1. The molecule has 0 radical (unpaired) electrons. The van der Waals surface area contributed by atoms with Crippen LogP contribution in [0.1, 0.15) is 62.9 Å². The Labute approximate surface area is 227 Å². The largest absolute Gasteiger partial charge is 0.349 e. The number of aromatic nitrogens is 5. The first-order chi connectivity index (χ1) is 18.6. The van der Waals surface area contributed by atoms with Gasteiger partial charge in [0.1, 0.15) is 5.39 Å². The third-order valence-electron chi connectivity index (χ3n) is 7.75. The summed E-state index contributed by atoms with van der Waals surface area (Å²) in [7, 11) is 3.64. The van der Waals surface area contributed by atoms with Crippen LogP contribution in [-0.2, 0) is 23.1 Å². The number of hydrogen-bond acceptors (Lipinski definition) is 6. The lowest BCUT2D eigenvalue weighted by molar-refractivity contribution is -0.133. The standard InChI is InChI=1S/C30H35N7O2/c1-30(2,3)25-16-23(12-13-31-25)36-26-24(28(39)37(36)22-10-11-22)17-32-29(34-26)33-21-9-8-18-14-20(27(38)35(4)5)7-6-19(18)15-21/h8-9,12-13,15-17,20,22H,6-7,10-11,14H2,1-5H3,(H,32,33,34). The van der Waals surface area contributed by atoms with Crippen LogP contribution in [0.4, 0.5) is 11.6 Å². The Morgan fingerprint density at radius 2 is 1.85 bits per heavy atom. The molecule has 202 valence electrons. The Bertz CT molecular complexity index is 1640. The van der Waals surface area contributed by atoms with Gasteiger partial charge in [0.25, 0.3) is 5.56 Å². The Balaban J connectivity index is 1.36. The van der Waals surface area contributed by atoms with Crippen LogP contribution in [0.2, 0.25) is 0 Å². The zero-order valence-corrected chi connectivity index (χ0v) is 23.2. The summed E-state index contributed by atoms with van der Waals surface area (Å²) in [6, 6.07) is 10.4. The fourth-order valence-corrected chi connectivity index (χ4v) is 5.46. The number of aryl methyl sites for hydroxylation is 1. The van der Waals surface area contributed by atoms with Crippen molar-refractivity contribution in [3.8, 4) is 5.69 Å². The maximum Gasteiger partial charge on any atom is 0.278 e. The van der Waals surface area contributed by atoms with Gasteiger partial charge in [-0.3, -0.25) is 14.6 Å².